The molecule has 0 amide bonds. The minimum Gasteiger partial charge on any atom is -0.291 e. The number of imidazole rings is 1. The van der Waals surface area contributed by atoms with Crippen LogP contribution >= 0.6 is 0 Å². The Labute approximate surface area is 318 Å². The lowest BCUT2D eigenvalue weighted by Gasteiger charge is -2.14. The second-order valence-corrected chi connectivity index (χ2v) is 14.0. The van der Waals surface area contributed by atoms with Crippen LogP contribution in [0.1, 0.15) is 0 Å². The summed E-state index contributed by atoms with van der Waals surface area (Å²) in [6.07, 6.45) is 0. The highest BCUT2D eigenvalue weighted by molar-refractivity contribution is 6.03. The first-order valence-electron chi connectivity index (χ1n) is 18.6. The molecule has 0 radical (unpaired) electrons. The van der Waals surface area contributed by atoms with Crippen molar-refractivity contribution in [1.29, 1.82) is 0 Å². The fourth-order valence-corrected chi connectivity index (χ4v) is 8.16. The van der Waals surface area contributed by atoms with E-state index >= 15 is 0 Å². The maximum atomic E-state index is 5.25. The minimum atomic E-state index is 0.874. The van der Waals surface area contributed by atoms with Gasteiger partial charge in [0, 0.05) is 27.8 Å². The topological polar surface area (TPSA) is 43.6 Å². The first-order valence-corrected chi connectivity index (χ1v) is 18.6. The van der Waals surface area contributed by atoms with Gasteiger partial charge in [0.1, 0.15) is 5.82 Å². The summed E-state index contributed by atoms with van der Waals surface area (Å²) in [7, 11) is 0. The predicted molar refractivity (Wildman–Crippen MR) is 226 cm³/mol. The van der Waals surface area contributed by atoms with Crippen LogP contribution in [-0.2, 0) is 0 Å². The van der Waals surface area contributed by atoms with Gasteiger partial charge in [0.05, 0.1) is 39.1 Å². The van der Waals surface area contributed by atoms with E-state index in [9.17, 15) is 0 Å². The van der Waals surface area contributed by atoms with Crippen molar-refractivity contribution in [1.82, 2.24) is 19.5 Å². The van der Waals surface area contributed by atoms with Gasteiger partial charge >= 0.3 is 0 Å². The summed E-state index contributed by atoms with van der Waals surface area (Å²) in [6.45, 7) is 0. The Bertz CT molecular complexity index is 3090. The smallest absolute Gasteiger partial charge is 0.145 e. The molecule has 0 saturated carbocycles. The van der Waals surface area contributed by atoms with E-state index in [1.165, 1.54) is 22.3 Å². The van der Waals surface area contributed by atoms with E-state index in [-0.39, 0.29) is 0 Å². The normalized spacial score (nSPS) is 11.6. The maximum Gasteiger partial charge on any atom is 0.145 e. The Morgan fingerprint density at radius 2 is 0.764 bits per heavy atom. The minimum absolute atomic E-state index is 0.874. The number of hydrogen-bond acceptors (Lipinski definition) is 3. The van der Waals surface area contributed by atoms with Gasteiger partial charge in [0.2, 0.25) is 0 Å². The molecule has 0 unspecified atom stereocenters. The van der Waals surface area contributed by atoms with Gasteiger partial charge < -0.3 is 0 Å². The lowest BCUT2D eigenvalue weighted by atomic mass is 9.94. The van der Waals surface area contributed by atoms with Crippen LogP contribution in [0.3, 0.4) is 0 Å². The summed E-state index contributed by atoms with van der Waals surface area (Å²) in [5.74, 6) is 0.937. The first kappa shape index (κ1) is 31.1. The van der Waals surface area contributed by atoms with Crippen LogP contribution < -0.4 is 0 Å². The number of rotatable bonds is 5. The number of fused-ring (bicyclic) bond motifs is 6. The van der Waals surface area contributed by atoms with Gasteiger partial charge in [0.15, 0.2) is 0 Å². The summed E-state index contributed by atoms with van der Waals surface area (Å²) in [5.41, 5.74) is 19.4. The van der Waals surface area contributed by atoms with E-state index in [4.69, 9.17) is 15.0 Å². The molecule has 4 heteroatoms. The molecule has 0 spiro atoms. The molecule has 0 fully saturated rings. The molecule has 256 valence electrons. The van der Waals surface area contributed by atoms with E-state index in [2.05, 4.69) is 156 Å². The second-order valence-electron chi connectivity index (χ2n) is 14.0. The number of aromatic nitrogens is 4. The van der Waals surface area contributed by atoms with Crippen LogP contribution in [0.2, 0.25) is 0 Å². The van der Waals surface area contributed by atoms with E-state index in [0.29, 0.717) is 0 Å². The third-order valence-electron chi connectivity index (χ3n) is 10.8. The predicted octanol–water partition coefficient (Wildman–Crippen LogP) is 13.0. The Balaban J connectivity index is 0.974. The molecule has 11 rings (SSSR count). The fourth-order valence-electron chi connectivity index (χ4n) is 8.16. The highest BCUT2D eigenvalue weighted by Crippen LogP contribution is 2.45. The van der Waals surface area contributed by atoms with Gasteiger partial charge in [-0.2, -0.15) is 0 Å². The molecule has 8 aromatic carbocycles. The zero-order chi connectivity index (χ0) is 36.3. The molecule has 1 aliphatic heterocycles. The van der Waals surface area contributed by atoms with E-state index in [1.54, 1.807) is 0 Å². The van der Waals surface area contributed by atoms with Crippen molar-refractivity contribution < 1.29 is 0 Å². The summed E-state index contributed by atoms with van der Waals surface area (Å²) in [6, 6.07) is 68.5. The monoisotopic (exact) mass is 700 g/mol. The quantitative estimate of drug-likeness (QED) is 0.179. The number of hydrogen-bond donors (Lipinski definition) is 0. The van der Waals surface area contributed by atoms with E-state index < -0.39 is 0 Å². The summed E-state index contributed by atoms with van der Waals surface area (Å²) in [5, 5.41) is 0. The van der Waals surface area contributed by atoms with E-state index in [0.717, 1.165) is 83.9 Å². The molecule has 0 saturated heterocycles. The molecule has 0 bridgehead atoms. The van der Waals surface area contributed by atoms with Gasteiger partial charge in [-0.25, -0.2) is 15.0 Å². The van der Waals surface area contributed by atoms with Gasteiger partial charge in [-0.3, -0.25) is 4.57 Å². The molecule has 0 atom stereocenters. The molecule has 55 heavy (non-hydrogen) atoms. The van der Waals surface area contributed by atoms with Gasteiger partial charge in [0.25, 0.3) is 0 Å². The average Bonchev–Trinajstić information content (AvgIpc) is 3.61. The van der Waals surface area contributed by atoms with Gasteiger partial charge in [-0.1, -0.05) is 158 Å². The zero-order valence-corrected chi connectivity index (χ0v) is 29.8. The summed E-state index contributed by atoms with van der Waals surface area (Å²) in [4.78, 5) is 15.5. The Kier molecular flexibility index (Phi) is 7.14. The lowest BCUT2D eigenvalue weighted by molar-refractivity contribution is 1.11. The van der Waals surface area contributed by atoms with Crippen LogP contribution in [0.15, 0.2) is 194 Å². The van der Waals surface area contributed by atoms with Crippen LogP contribution in [0.5, 0.6) is 0 Å². The Hall–Kier alpha value is -7.43. The highest BCUT2D eigenvalue weighted by atomic mass is 15.1. The van der Waals surface area contributed by atoms with Crippen molar-refractivity contribution in [2.24, 2.45) is 0 Å². The standard InChI is InChI=1S/C51H32N4/c1-2-13-34(14-3-1)48-49(53-45-24-8-7-23-44(45)52-48)39-18-11-17-38(32-39)37-16-10-15-36(31-37)33-27-29-35(30-28-33)51-54-46-25-12-22-43-41-20-5-4-19-40(41)42-21-6-9-26-47(42)55(51)50(43)46/h1-32H. The summed E-state index contributed by atoms with van der Waals surface area (Å²) < 4.78 is 2.35. The van der Waals surface area contributed by atoms with Crippen LogP contribution in [-0.4, -0.2) is 19.5 Å². The highest BCUT2D eigenvalue weighted by Gasteiger charge is 2.25. The number of benzene rings is 8. The van der Waals surface area contributed by atoms with Crippen molar-refractivity contribution in [2.75, 3.05) is 0 Å². The molecule has 1 aliphatic rings. The summed E-state index contributed by atoms with van der Waals surface area (Å²) >= 11 is 0. The third kappa shape index (κ3) is 5.19. The molecule has 0 N–H and O–H groups in total. The number of nitrogens with zero attached hydrogens (tertiary/aromatic N) is 4. The zero-order valence-electron chi connectivity index (χ0n) is 29.8. The van der Waals surface area contributed by atoms with Crippen LogP contribution in [0, 0.1) is 0 Å². The SMILES string of the molecule is c1ccc(-c2nc3ccccc3nc2-c2cccc(-c3cccc(-c4ccc(-c5nc6cccc7c6n5-c5ccccc5-c5ccccc5-7)cc4)c3)c2)cc1. The van der Waals surface area contributed by atoms with Crippen LogP contribution in [0.25, 0.3) is 106 Å². The average molecular weight is 701 g/mol. The van der Waals surface area contributed by atoms with Crippen LogP contribution in [0.4, 0.5) is 0 Å². The molecular weight excluding hydrogens is 669 g/mol. The van der Waals surface area contributed by atoms with Crippen molar-refractivity contribution in [3.05, 3.63) is 194 Å². The second kappa shape index (κ2) is 12.6. The molecule has 10 aromatic rings. The fraction of sp³-hybridized carbons (Fsp3) is 0. The Morgan fingerprint density at radius 1 is 0.291 bits per heavy atom. The van der Waals surface area contributed by atoms with Crippen molar-refractivity contribution in [2.45, 2.75) is 0 Å². The Morgan fingerprint density at radius 3 is 1.49 bits per heavy atom. The molecule has 3 heterocycles. The maximum absolute atomic E-state index is 5.25. The first-order chi connectivity index (χ1) is 27.3. The van der Waals surface area contributed by atoms with Crippen molar-refractivity contribution >= 4 is 22.1 Å². The van der Waals surface area contributed by atoms with Crippen molar-refractivity contribution in [3.63, 3.8) is 0 Å². The number of para-hydroxylation sites is 4. The molecule has 2 aromatic heterocycles. The largest absolute Gasteiger partial charge is 0.291 e. The molecular formula is C51H32N4. The molecule has 4 nitrogen and oxygen atoms in total. The lowest BCUT2D eigenvalue weighted by Crippen LogP contribution is -1.99. The van der Waals surface area contributed by atoms with Gasteiger partial charge in [-0.05, 0) is 69.8 Å². The van der Waals surface area contributed by atoms with E-state index in [1.807, 2.05) is 42.5 Å². The molecule has 0 aliphatic carbocycles. The van der Waals surface area contributed by atoms with Crippen molar-refractivity contribution in [3.8, 4) is 84.1 Å². The van der Waals surface area contributed by atoms with Gasteiger partial charge in [-0.15, -0.1) is 0 Å². The third-order valence-corrected chi connectivity index (χ3v) is 10.8.